The zero-order valence-corrected chi connectivity index (χ0v) is 13.6. The molecule has 1 aliphatic rings. The Balaban J connectivity index is 1.92. The summed E-state index contributed by atoms with van der Waals surface area (Å²) in [7, 11) is 0. The number of carbonyl (C=O) groups excluding carboxylic acids is 2. The first-order valence-corrected chi connectivity index (χ1v) is 7.88. The van der Waals surface area contributed by atoms with E-state index in [2.05, 4.69) is 34.6 Å². The molecule has 1 heterocycles. The van der Waals surface area contributed by atoms with Crippen molar-refractivity contribution in [3.63, 3.8) is 0 Å². The molecule has 1 atom stereocenters. The van der Waals surface area contributed by atoms with E-state index in [0.717, 1.165) is 18.5 Å². The van der Waals surface area contributed by atoms with Crippen LogP contribution in [0, 0.1) is 0 Å². The second-order valence-corrected chi connectivity index (χ2v) is 6.14. The van der Waals surface area contributed by atoms with E-state index >= 15 is 0 Å². The van der Waals surface area contributed by atoms with E-state index in [-0.39, 0.29) is 30.9 Å². The number of benzene rings is 1. The molecule has 5 nitrogen and oxygen atoms in total. The number of rotatable bonds is 5. The average molecular weight is 303 g/mol. The van der Waals surface area contributed by atoms with Gasteiger partial charge in [-0.15, -0.1) is 0 Å². The number of para-hydroxylation sites is 1. The Kier molecular flexibility index (Phi) is 5.41. The summed E-state index contributed by atoms with van der Waals surface area (Å²) < 4.78 is 0. The van der Waals surface area contributed by atoms with Gasteiger partial charge in [-0.05, 0) is 45.2 Å². The monoisotopic (exact) mass is 303 g/mol. The van der Waals surface area contributed by atoms with Crippen LogP contribution in [-0.4, -0.2) is 37.0 Å². The maximum atomic E-state index is 12.1. The first kappa shape index (κ1) is 16.3. The summed E-state index contributed by atoms with van der Waals surface area (Å²) in [6.45, 7) is 6.24. The quantitative estimate of drug-likeness (QED) is 0.866. The average Bonchev–Trinajstić information content (AvgIpc) is 2.47. The van der Waals surface area contributed by atoms with Crippen molar-refractivity contribution in [2.75, 3.05) is 18.0 Å². The summed E-state index contributed by atoms with van der Waals surface area (Å²) in [6, 6.07) is 8.61. The molecule has 0 unspecified atom stereocenters. The number of anilines is 1. The molecule has 0 saturated carbocycles. The summed E-state index contributed by atoms with van der Waals surface area (Å²) in [5, 5.41) is 5.45. The number of hydrogen-bond donors (Lipinski definition) is 2. The first-order valence-electron chi connectivity index (χ1n) is 7.88. The third-order valence-corrected chi connectivity index (χ3v) is 3.87. The van der Waals surface area contributed by atoms with Crippen LogP contribution in [0.4, 0.5) is 5.69 Å². The highest BCUT2D eigenvalue weighted by Gasteiger charge is 2.24. The molecule has 0 saturated heterocycles. The lowest BCUT2D eigenvalue weighted by atomic mass is 9.97. The van der Waals surface area contributed by atoms with Gasteiger partial charge in [0.2, 0.25) is 11.8 Å². The fourth-order valence-electron chi connectivity index (χ4n) is 2.76. The predicted molar refractivity (Wildman–Crippen MR) is 87.9 cm³/mol. The second-order valence-electron chi connectivity index (χ2n) is 6.14. The van der Waals surface area contributed by atoms with Crippen molar-refractivity contribution in [2.45, 2.75) is 45.7 Å². The standard InChI is InChI=1S/C17H25N3O2/c1-12(2)19-16(21)10-18-17(22)11-20-13(3)8-9-14-6-4-5-7-15(14)20/h4-7,12-13H,8-11H2,1-3H3,(H,18,22)(H,19,21)/t13-/m0/s1. The van der Waals surface area contributed by atoms with E-state index in [1.54, 1.807) is 0 Å². The van der Waals surface area contributed by atoms with E-state index in [1.807, 2.05) is 26.0 Å². The number of amides is 2. The fraction of sp³-hybridized carbons (Fsp3) is 0.529. The molecule has 120 valence electrons. The van der Waals surface area contributed by atoms with Gasteiger partial charge in [0, 0.05) is 17.8 Å². The van der Waals surface area contributed by atoms with Crippen LogP contribution in [0.25, 0.3) is 0 Å². The minimum atomic E-state index is -0.157. The Morgan fingerprint density at radius 3 is 2.73 bits per heavy atom. The normalized spacial score (nSPS) is 17.1. The van der Waals surface area contributed by atoms with Gasteiger partial charge in [-0.2, -0.15) is 0 Å². The molecule has 22 heavy (non-hydrogen) atoms. The van der Waals surface area contributed by atoms with Crippen molar-refractivity contribution in [3.8, 4) is 0 Å². The second kappa shape index (κ2) is 7.29. The highest BCUT2D eigenvalue weighted by Crippen LogP contribution is 2.29. The van der Waals surface area contributed by atoms with E-state index in [0.29, 0.717) is 6.04 Å². The van der Waals surface area contributed by atoms with Gasteiger partial charge in [0.1, 0.15) is 0 Å². The molecule has 0 spiro atoms. The zero-order valence-electron chi connectivity index (χ0n) is 13.6. The first-order chi connectivity index (χ1) is 10.5. The molecule has 0 bridgehead atoms. The number of aryl methyl sites for hydroxylation is 1. The lowest BCUT2D eigenvalue weighted by Crippen LogP contribution is -2.47. The number of nitrogens with zero attached hydrogens (tertiary/aromatic N) is 1. The highest BCUT2D eigenvalue weighted by molar-refractivity contribution is 5.87. The largest absolute Gasteiger partial charge is 0.359 e. The maximum Gasteiger partial charge on any atom is 0.239 e. The molecular formula is C17H25N3O2. The molecule has 1 aromatic rings. The van der Waals surface area contributed by atoms with Gasteiger partial charge in [0.25, 0.3) is 0 Å². The van der Waals surface area contributed by atoms with Crippen LogP contribution in [-0.2, 0) is 16.0 Å². The van der Waals surface area contributed by atoms with Gasteiger partial charge in [0.05, 0.1) is 13.1 Å². The number of hydrogen-bond acceptors (Lipinski definition) is 3. The molecule has 1 aliphatic heterocycles. The Morgan fingerprint density at radius 1 is 1.27 bits per heavy atom. The summed E-state index contributed by atoms with van der Waals surface area (Å²) in [6.07, 6.45) is 2.09. The van der Waals surface area contributed by atoms with Gasteiger partial charge in [-0.25, -0.2) is 0 Å². The number of carbonyl (C=O) groups is 2. The van der Waals surface area contributed by atoms with Crippen LogP contribution in [0.3, 0.4) is 0 Å². The van der Waals surface area contributed by atoms with Gasteiger partial charge in [0.15, 0.2) is 0 Å². The third-order valence-electron chi connectivity index (χ3n) is 3.87. The molecule has 0 aliphatic carbocycles. The van der Waals surface area contributed by atoms with E-state index in [4.69, 9.17) is 0 Å². The topological polar surface area (TPSA) is 61.4 Å². The van der Waals surface area contributed by atoms with Gasteiger partial charge in [-0.3, -0.25) is 9.59 Å². The SMILES string of the molecule is CC(C)NC(=O)CNC(=O)CN1c2ccccc2CC[C@@H]1C. The Labute approximate surface area is 132 Å². The lowest BCUT2D eigenvalue weighted by molar-refractivity contribution is -0.125. The van der Waals surface area contributed by atoms with Crippen molar-refractivity contribution >= 4 is 17.5 Å². The van der Waals surface area contributed by atoms with Crippen molar-refractivity contribution < 1.29 is 9.59 Å². The molecule has 0 aromatic heterocycles. The van der Waals surface area contributed by atoms with Crippen molar-refractivity contribution in [1.29, 1.82) is 0 Å². The molecule has 2 amide bonds. The van der Waals surface area contributed by atoms with Crippen LogP contribution in [0.15, 0.2) is 24.3 Å². The van der Waals surface area contributed by atoms with Crippen LogP contribution >= 0.6 is 0 Å². The molecule has 0 fully saturated rings. The van der Waals surface area contributed by atoms with Gasteiger partial charge < -0.3 is 15.5 Å². The number of fused-ring (bicyclic) bond motifs is 1. The van der Waals surface area contributed by atoms with E-state index in [1.165, 1.54) is 5.56 Å². The Morgan fingerprint density at radius 2 is 2.00 bits per heavy atom. The van der Waals surface area contributed by atoms with Crippen molar-refractivity contribution in [2.24, 2.45) is 0 Å². The molecule has 5 heteroatoms. The van der Waals surface area contributed by atoms with Gasteiger partial charge in [-0.1, -0.05) is 18.2 Å². The molecule has 0 radical (unpaired) electrons. The predicted octanol–water partition coefficient (Wildman–Crippen LogP) is 1.47. The van der Waals surface area contributed by atoms with Crippen LogP contribution in [0.5, 0.6) is 0 Å². The Bertz CT molecular complexity index is 542. The van der Waals surface area contributed by atoms with Crippen molar-refractivity contribution in [3.05, 3.63) is 29.8 Å². The van der Waals surface area contributed by atoms with E-state index < -0.39 is 0 Å². The lowest BCUT2D eigenvalue weighted by Gasteiger charge is -2.36. The molecular weight excluding hydrogens is 278 g/mol. The summed E-state index contributed by atoms with van der Waals surface area (Å²) in [4.78, 5) is 25.8. The van der Waals surface area contributed by atoms with E-state index in [9.17, 15) is 9.59 Å². The van der Waals surface area contributed by atoms with Crippen LogP contribution in [0.1, 0.15) is 32.8 Å². The minimum Gasteiger partial charge on any atom is -0.359 e. The maximum absolute atomic E-state index is 12.1. The van der Waals surface area contributed by atoms with Gasteiger partial charge >= 0.3 is 0 Å². The molecule has 2 rings (SSSR count). The summed E-state index contributed by atoms with van der Waals surface area (Å²) >= 11 is 0. The Hall–Kier alpha value is -2.04. The number of nitrogens with one attached hydrogen (secondary N) is 2. The summed E-state index contributed by atoms with van der Waals surface area (Å²) in [5.41, 5.74) is 2.41. The smallest absolute Gasteiger partial charge is 0.239 e. The van der Waals surface area contributed by atoms with Crippen LogP contribution < -0.4 is 15.5 Å². The van der Waals surface area contributed by atoms with Crippen molar-refractivity contribution in [1.82, 2.24) is 10.6 Å². The summed E-state index contributed by atoms with van der Waals surface area (Å²) in [5.74, 6) is -0.280. The molecule has 1 aromatic carbocycles. The van der Waals surface area contributed by atoms with Crippen LogP contribution in [0.2, 0.25) is 0 Å². The fourth-order valence-corrected chi connectivity index (χ4v) is 2.76. The highest BCUT2D eigenvalue weighted by atomic mass is 16.2. The third kappa shape index (κ3) is 4.23. The zero-order chi connectivity index (χ0) is 16.1. The molecule has 2 N–H and O–H groups in total. The minimum absolute atomic E-state index is 0.0287.